The minimum absolute atomic E-state index is 0.0120. The summed E-state index contributed by atoms with van der Waals surface area (Å²) in [6, 6.07) is 13.2. The normalized spacial score (nSPS) is 10.4. The predicted octanol–water partition coefficient (Wildman–Crippen LogP) is 3.68. The standard InChI is InChI=1S/C17H19F2N3O2/c1-22(2)14-8-6-12(7-9-14)11-20-17(23)21-13-4-3-5-15(10-13)24-16(18)19/h3-10,16H,11H2,1-2H3,(H2,20,21,23). The number of alkyl halides is 2. The first-order valence-electron chi connectivity index (χ1n) is 7.30. The molecule has 2 amide bonds. The van der Waals surface area contributed by atoms with Crippen molar-refractivity contribution in [2.75, 3.05) is 24.3 Å². The number of nitrogens with one attached hydrogen (secondary N) is 2. The summed E-state index contributed by atoms with van der Waals surface area (Å²) in [4.78, 5) is 13.9. The number of ether oxygens (including phenoxy) is 1. The third kappa shape index (κ3) is 5.42. The van der Waals surface area contributed by atoms with E-state index in [1.807, 2.05) is 43.3 Å². The van der Waals surface area contributed by atoms with E-state index in [0.717, 1.165) is 11.3 Å². The van der Waals surface area contributed by atoms with E-state index >= 15 is 0 Å². The molecule has 0 saturated heterocycles. The molecule has 0 unspecified atom stereocenters. The van der Waals surface area contributed by atoms with Crippen LogP contribution in [0.4, 0.5) is 25.0 Å². The molecule has 2 rings (SSSR count). The number of urea groups is 1. The summed E-state index contributed by atoms with van der Waals surface area (Å²) in [5.41, 5.74) is 2.39. The highest BCUT2D eigenvalue weighted by molar-refractivity contribution is 5.89. The zero-order chi connectivity index (χ0) is 17.5. The Morgan fingerprint density at radius 1 is 1.17 bits per heavy atom. The maximum Gasteiger partial charge on any atom is 0.387 e. The third-order valence-electron chi connectivity index (χ3n) is 3.22. The van der Waals surface area contributed by atoms with Gasteiger partial charge < -0.3 is 20.3 Å². The van der Waals surface area contributed by atoms with Crippen LogP contribution in [0.2, 0.25) is 0 Å². The lowest BCUT2D eigenvalue weighted by molar-refractivity contribution is -0.0497. The number of halogens is 2. The van der Waals surface area contributed by atoms with Crippen molar-refractivity contribution < 1.29 is 18.3 Å². The maximum atomic E-state index is 12.2. The van der Waals surface area contributed by atoms with Crippen molar-refractivity contribution in [3.05, 3.63) is 54.1 Å². The van der Waals surface area contributed by atoms with Crippen LogP contribution in [0, 0.1) is 0 Å². The second-order valence-electron chi connectivity index (χ2n) is 5.27. The lowest BCUT2D eigenvalue weighted by Gasteiger charge is -2.13. The van der Waals surface area contributed by atoms with Gasteiger partial charge in [0.25, 0.3) is 0 Å². The van der Waals surface area contributed by atoms with Crippen LogP contribution in [0.3, 0.4) is 0 Å². The van der Waals surface area contributed by atoms with Crippen LogP contribution in [0.1, 0.15) is 5.56 Å². The Kier molecular flexibility index (Phi) is 5.95. The van der Waals surface area contributed by atoms with Gasteiger partial charge in [0.1, 0.15) is 5.75 Å². The zero-order valence-electron chi connectivity index (χ0n) is 13.4. The molecule has 128 valence electrons. The van der Waals surface area contributed by atoms with Gasteiger partial charge in [0.05, 0.1) is 0 Å². The van der Waals surface area contributed by atoms with Crippen molar-refractivity contribution in [3.63, 3.8) is 0 Å². The number of rotatable bonds is 6. The first kappa shape index (κ1) is 17.5. The monoisotopic (exact) mass is 335 g/mol. The maximum absolute atomic E-state index is 12.2. The predicted molar refractivity (Wildman–Crippen MR) is 89.7 cm³/mol. The summed E-state index contributed by atoms with van der Waals surface area (Å²) in [6.45, 7) is -2.55. The Bertz CT molecular complexity index is 676. The number of hydrogen-bond donors (Lipinski definition) is 2. The quantitative estimate of drug-likeness (QED) is 0.847. The molecular formula is C17H19F2N3O2. The van der Waals surface area contributed by atoms with E-state index in [2.05, 4.69) is 15.4 Å². The molecule has 0 atom stereocenters. The van der Waals surface area contributed by atoms with Crippen LogP contribution in [-0.2, 0) is 6.54 Å². The smallest absolute Gasteiger partial charge is 0.387 e. The summed E-state index contributed by atoms with van der Waals surface area (Å²) in [6.07, 6.45) is 0. The highest BCUT2D eigenvalue weighted by Gasteiger charge is 2.06. The van der Waals surface area contributed by atoms with E-state index in [0.29, 0.717) is 12.2 Å². The van der Waals surface area contributed by atoms with Crippen LogP contribution in [-0.4, -0.2) is 26.7 Å². The van der Waals surface area contributed by atoms with Crippen LogP contribution >= 0.6 is 0 Å². The summed E-state index contributed by atoms with van der Waals surface area (Å²) < 4.78 is 28.6. The van der Waals surface area contributed by atoms with Crippen LogP contribution in [0.15, 0.2) is 48.5 Å². The number of anilines is 2. The zero-order valence-corrected chi connectivity index (χ0v) is 13.4. The molecule has 0 spiro atoms. The Hall–Kier alpha value is -2.83. The highest BCUT2D eigenvalue weighted by atomic mass is 19.3. The molecule has 0 bridgehead atoms. The van der Waals surface area contributed by atoms with Gasteiger partial charge in [0.15, 0.2) is 0 Å². The molecule has 0 aliphatic rings. The molecule has 5 nitrogen and oxygen atoms in total. The first-order valence-corrected chi connectivity index (χ1v) is 7.30. The topological polar surface area (TPSA) is 53.6 Å². The summed E-state index contributed by atoms with van der Waals surface area (Å²) in [5, 5.41) is 5.28. The Morgan fingerprint density at radius 3 is 2.50 bits per heavy atom. The van der Waals surface area contributed by atoms with Crippen molar-refractivity contribution in [2.45, 2.75) is 13.2 Å². The molecule has 0 heterocycles. The summed E-state index contributed by atoms with van der Waals surface area (Å²) in [7, 11) is 3.90. The summed E-state index contributed by atoms with van der Waals surface area (Å²) in [5.74, 6) is -0.0120. The van der Waals surface area contributed by atoms with Crippen molar-refractivity contribution >= 4 is 17.4 Å². The lowest BCUT2D eigenvalue weighted by atomic mass is 10.2. The highest BCUT2D eigenvalue weighted by Crippen LogP contribution is 2.19. The van der Waals surface area contributed by atoms with E-state index in [4.69, 9.17) is 0 Å². The first-order chi connectivity index (χ1) is 11.4. The molecule has 2 N–H and O–H groups in total. The Labute approximate surface area is 139 Å². The van der Waals surface area contributed by atoms with Gasteiger partial charge in [0, 0.05) is 38.1 Å². The number of carbonyl (C=O) groups excluding carboxylic acids is 1. The van der Waals surface area contributed by atoms with E-state index in [-0.39, 0.29) is 5.75 Å². The fourth-order valence-corrected chi connectivity index (χ4v) is 2.02. The molecule has 0 aliphatic carbocycles. The fraction of sp³-hybridized carbons (Fsp3) is 0.235. The van der Waals surface area contributed by atoms with Crippen LogP contribution in [0.25, 0.3) is 0 Å². The molecule has 0 saturated carbocycles. The lowest BCUT2D eigenvalue weighted by Crippen LogP contribution is -2.28. The van der Waals surface area contributed by atoms with Crippen molar-refractivity contribution in [3.8, 4) is 5.75 Å². The number of amides is 2. The second kappa shape index (κ2) is 8.14. The molecule has 24 heavy (non-hydrogen) atoms. The molecule has 2 aromatic rings. The number of hydrogen-bond acceptors (Lipinski definition) is 3. The number of nitrogens with zero attached hydrogens (tertiary/aromatic N) is 1. The fourth-order valence-electron chi connectivity index (χ4n) is 2.02. The molecule has 0 radical (unpaired) electrons. The van der Waals surface area contributed by atoms with Gasteiger partial charge in [-0.15, -0.1) is 0 Å². The van der Waals surface area contributed by atoms with E-state index < -0.39 is 12.6 Å². The van der Waals surface area contributed by atoms with Gasteiger partial charge in [-0.1, -0.05) is 18.2 Å². The minimum atomic E-state index is -2.90. The number of benzene rings is 2. The molecule has 0 fully saturated rings. The third-order valence-corrected chi connectivity index (χ3v) is 3.22. The largest absolute Gasteiger partial charge is 0.435 e. The van der Waals surface area contributed by atoms with Gasteiger partial charge in [-0.25, -0.2) is 4.79 Å². The average molecular weight is 335 g/mol. The van der Waals surface area contributed by atoms with Crippen LogP contribution in [0.5, 0.6) is 5.75 Å². The SMILES string of the molecule is CN(C)c1ccc(CNC(=O)Nc2cccc(OC(F)F)c2)cc1. The van der Waals surface area contributed by atoms with Gasteiger partial charge in [-0.05, 0) is 29.8 Å². The Morgan fingerprint density at radius 2 is 1.88 bits per heavy atom. The van der Waals surface area contributed by atoms with Crippen molar-refractivity contribution in [2.24, 2.45) is 0 Å². The summed E-state index contributed by atoms with van der Waals surface area (Å²) >= 11 is 0. The number of carbonyl (C=O) groups is 1. The van der Waals surface area contributed by atoms with Gasteiger partial charge >= 0.3 is 12.6 Å². The minimum Gasteiger partial charge on any atom is -0.435 e. The second-order valence-corrected chi connectivity index (χ2v) is 5.27. The van der Waals surface area contributed by atoms with Crippen molar-refractivity contribution in [1.82, 2.24) is 5.32 Å². The van der Waals surface area contributed by atoms with Crippen LogP contribution < -0.4 is 20.3 Å². The van der Waals surface area contributed by atoms with E-state index in [1.54, 1.807) is 6.07 Å². The Balaban J connectivity index is 1.87. The van der Waals surface area contributed by atoms with Gasteiger partial charge in [-0.3, -0.25) is 0 Å². The average Bonchev–Trinajstić information content (AvgIpc) is 2.53. The molecular weight excluding hydrogens is 316 g/mol. The molecule has 2 aromatic carbocycles. The molecule has 0 aromatic heterocycles. The van der Waals surface area contributed by atoms with Gasteiger partial charge in [-0.2, -0.15) is 8.78 Å². The van der Waals surface area contributed by atoms with E-state index in [1.165, 1.54) is 18.2 Å². The van der Waals surface area contributed by atoms with Crippen molar-refractivity contribution in [1.29, 1.82) is 0 Å². The molecule has 0 aliphatic heterocycles. The molecule has 7 heteroatoms. The van der Waals surface area contributed by atoms with Gasteiger partial charge in [0.2, 0.25) is 0 Å². The van der Waals surface area contributed by atoms with E-state index in [9.17, 15) is 13.6 Å².